The van der Waals surface area contributed by atoms with Crippen LogP contribution in [0.1, 0.15) is 25.5 Å². The average molecular weight is 189 g/mol. The fourth-order valence-corrected chi connectivity index (χ4v) is 1.11. The van der Waals surface area contributed by atoms with E-state index >= 15 is 0 Å². The number of aromatic nitrogens is 5. The van der Waals surface area contributed by atoms with Gasteiger partial charge in [0, 0.05) is 11.9 Å². The van der Waals surface area contributed by atoms with E-state index in [2.05, 4.69) is 33.9 Å². The van der Waals surface area contributed by atoms with E-state index in [-0.39, 0.29) is 0 Å². The quantitative estimate of drug-likeness (QED) is 0.711. The van der Waals surface area contributed by atoms with Gasteiger partial charge >= 0.3 is 0 Å². The summed E-state index contributed by atoms with van der Waals surface area (Å²) in [5, 5.41) is 3.97. The number of hydrogen-bond donors (Lipinski definition) is 0. The molecule has 5 nitrogen and oxygen atoms in total. The molecule has 0 unspecified atom stereocenters. The highest BCUT2D eigenvalue weighted by atomic mass is 15.4. The summed E-state index contributed by atoms with van der Waals surface area (Å²) in [5.74, 6) is 0.953. The minimum absolute atomic E-state index is 0.389. The zero-order valence-corrected chi connectivity index (χ0v) is 8.12. The lowest BCUT2D eigenvalue weighted by Crippen LogP contribution is -2.04. The third kappa shape index (κ3) is 1.61. The van der Waals surface area contributed by atoms with Gasteiger partial charge in [-0.2, -0.15) is 9.78 Å². The van der Waals surface area contributed by atoms with Crippen LogP contribution in [-0.2, 0) is 0 Å². The number of rotatable bonds is 2. The van der Waals surface area contributed by atoms with Crippen molar-refractivity contribution in [3.8, 4) is 5.95 Å². The molecule has 0 aliphatic heterocycles. The van der Waals surface area contributed by atoms with Crippen LogP contribution < -0.4 is 0 Å². The van der Waals surface area contributed by atoms with E-state index in [4.69, 9.17) is 0 Å². The summed E-state index contributed by atoms with van der Waals surface area (Å²) in [6.45, 7) is 4.18. The highest BCUT2D eigenvalue weighted by Gasteiger charge is 2.04. The summed E-state index contributed by atoms with van der Waals surface area (Å²) in [6.07, 6.45) is 4.78. The van der Waals surface area contributed by atoms with Crippen LogP contribution in [0.3, 0.4) is 0 Å². The van der Waals surface area contributed by atoms with E-state index in [0.717, 1.165) is 5.69 Å². The van der Waals surface area contributed by atoms with Crippen molar-refractivity contribution >= 4 is 0 Å². The maximum atomic E-state index is 4.36. The van der Waals surface area contributed by atoms with Gasteiger partial charge in [0.05, 0.1) is 0 Å². The second-order valence-electron chi connectivity index (χ2n) is 3.28. The van der Waals surface area contributed by atoms with Crippen LogP contribution in [0, 0.1) is 0 Å². The lowest BCUT2D eigenvalue weighted by atomic mass is 10.1. The maximum absolute atomic E-state index is 4.36. The molecule has 0 fully saturated rings. The van der Waals surface area contributed by atoms with Gasteiger partial charge in [-0.05, 0) is 12.0 Å². The first-order valence-corrected chi connectivity index (χ1v) is 4.45. The van der Waals surface area contributed by atoms with Crippen molar-refractivity contribution in [1.82, 2.24) is 24.7 Å². The van der Waals surface area contributed by atoms with Crippen molar-refractivity contribution in [2.45, 2.75) is 19.8 Å². The Morgan fingerprint density at radius 3 is 2.86 bits per heavy atom. The number of hydrogen-bond acceptors (Lipinski definition) is 4. The molecule has 14 heavy (non-hydrogen) atoms. The highest BCUT2D eigenvalue weighted by Crippen LogP contribution is 2.10. The Bertz CT molecular complexity index is 407. The molecule has 2 aromatic heterocycles. The fraction of sp³-hybridized carbons (Fsp3) is 0.333. The van der Waals surface area contributed by atoms with Crippen molar-refractivity contribution < 1.29 is 0 Å². The Hall–Kier alpha value is -1.78. The molecule has 2 aromatic rings. The molecule has 0 radical (unpaired) electrons. The van der Waals surface area contributed by atoms with E-state index < -0.39 is 0 Å². The Labute approximate surface area is 81.8 Å². The highest BCUT2D eigenvalue weighted by molar-refractivity contribution is 5.14. The van der Waals surface area contributed by atoms with Crippen LogP contribution in [0.15, 0.2) is 24.9 Å². The fourth-order valence-electron chi connectivity index (χ4n) is 1.11. The predicted molar refractivity (Wildman–Crippen MR) is 51.0 cm³/mol. The second-order valence-corrected chi connectivity index (χ2v) is 3.28. The lowest BCUT2D eigenvalue weighted by molar-refractivity contribution is 0.756. The summed E-state index contributed by atoms with van der Waals surface area (Å²) in [5.41, 5.74) is 1.01. The molecule has 5 heteroatoms. The lowest BCUT2D eigenvalue weighted by Gasteiger charge is -2.04. The molecular formula is C9H11N5. The molecule has 2 rings (SSSR count). The first kappa shape index (κ1) is 8.80. The summed E-state index contributed by atoms with van der Waals surface area (Å²) < 4.78 is 1.55. The van der Waals surface area contributed by atoms with Gasteiger partial charge in [-0.15, -0.1) is 0 Å². The molecule has 0 bridgehead atoms. The molecule has 0 aliphatic rings. The summed E-state index contributed by atoms with van der Waals surface area (Å²) in [7, 11) is 0. The SMILES string of the molecule is CC(C)c1ccnc(-n2cncn2)n1. The molecule has 2 heterocycles. The third-order valence-electron chi connectivity index (χ3n) is 1.88. The Morgan fingerprint density at radius 1 is 1.36 bits per heavy atom. The van der Waals surface area contributed by atoms with Gasteiger partial charge < -0.3 is 0 Å². The summed E-state index contributed by atoms with van der Waals surface area (Å²) in [4.78, 5) is 12.3. The smallest absolute Gasteiger partial charge is 0.223 e. The monoisotopic (exact) mass is 189 g/mol. The topological polar surface area (TPSA) is 56.5 Å². The minimum Gasteiger partial charge on any atom is -0.223 e. The molecule has 0 spiro atoms. The van der Waals surface area contributed by atoms with E-state index in [9.17, 15) is 0 Å². The zero-order chi connectivity index (χ0) is 9.97. The molecule has 0 atom stereocenters. The molecule has 0 N–H and O–H groups in total. The van der Waals surface area contributed by atoms with Crippen LogP contribution >= 0.6 is 0 Å². The first-order valence-electron chi connectivity index (χ1n) is 4.45. The predicted octanol–water partition coefficient (Wildman–Crippen LogP) is 1.18. The van der Waals surface area contributed by atoms with Gasteiger partial charge in [-0.3, -0.25) is 0 Å². The second kappa shape index (κ2) is 3.53. The molecule has 72 valence electrons. The Balaban J connectivity index is 2.41. The van der Waals surface area contributed by atoms with Crippen molar-refractivity contribution in [2.24, 2.45) is 0 Å². The van der Waals surface area contributed by atoms with E-state index in [1.165, 1.54) is 6.33 Å². The maximum Gasteiger partial charge on any atom is 0.252 e. The third-order valence-corrected chi connectivity index (χ3v) is 1.88. The standard InChI is InChI=1S/C9H11N5/c1-7(2)8-3-4-11-9(13-8)14-6-10-5-12-14/h3-7H,1-2H3. The van der Waals surface area contributed by atoms with E-state index in [1.807, 2.05) is 6.07 Å². The van der Waals surface area contributed by atoms with Gasteiger partial charge in [0.25, 0.3) is 5.95 Å². The van der Waals surface area contributed by atoms with Gasteiger partial charge in [0.15, 0.2) is 0 Å². The first-order chi connectivity index (χ1) is 6.77. The minimum atomic E-state index is 0.389. The van der Waals surface area contributed by atoms with Crippen LogP contribution in [0.2, 0.25) is 0 Å². The average Bonchev–Trinajstić information content (AvgIpc) is 2.71. The largest absolute Gasteiger partial charge is 0.252 e. The molecular weight excluding hydrogens is 178 g/mol. The molecule has 0 saturated carbocycles. The van der Waals surface area contributed by atoms with Crippen LogP contribution in [0.5, 0.6) is 0 Å². The van der Waals surface area contributed by atoms with Crippen molar-refractivity contribution in [2.75, 3.05) is 0 Å². The Kier molecular flexibility index (Phi) is 2.22. The summed E-state index contributed by atoms with van der Waals surface area (Å²) in [6, 6.07) is 1.91. The van der Waals surface area contributed by atoms with Gasteiger partial charge in [-0.25, -0.2) is 15.0 Å². The van der Waals surface area contributed by atoms with Crippen LogP contribution in [-0.4, -0.2) is 24.7 Å². The molecule has 0 amide bonds. The van der Waals surface area contributed by atoms with Crippen LogP contribution in [0.4, 0.5) is 0 Å². The van der Waals surface area contributed by atoms with Gasteiger partial charge in [0.1, 0.15) is 12.7 Å². The molecule has 0 saturated heterocycles. The van der Waals surface area contributed by atoms with E-state index in [0.29, 0.717) is 11.9 Å². The summed E-state index contributed by atoms with van der Waals surface area (Å²) >= 11 is 0. The Morgan fingerprint density at radius 2 is 2.21 bits per heavy atom. The van der Waals surface area contributed by atoms with E-state index in [1.54, 1.807) is 17.2 Å². The molecule has 0 aliphatic carbocycles. The van der Waals surface area contributed by atoms with Crippen molar-refractivity contribution in [3.63, 3.8) is 0 Å². The van der Waals surface area contributed by atoms with Crippen molar-refractivity contribution in [3.05, 3.63) is 30.6 Å². The van der Waals surface area contributed by atoms with Crippen molar-refractivity contribution in [1.29, 1.82) is 0 Å². The molecule has 0 aromatic carbocycles. The van der Waals surface area contributed by atoms with Gasteiger partial charge in [0.2, 0.25) is 0 Å². The zero-order valence-electron chi connectivity index (χ0n) is 8.12. The number of nitrogens with zero attached hydrogens (tertiary/aromatic N) is 5. The van der Waals surface area contributed by atoms with Gasteiger partial charge in [-0.1, -0.05) is 13.8 Å². The van der Waals surface area contributed by atoms with Crippen LogP contribution in [0.25, 0.3) is 5.95 Å². The normalized spacial score (nSPS) is 10.8.